The zero-order chi connectivity index (χ0) is 20.3. The maximum atomic E-state index is 12.2. The van der Waals surface area contributed by atoms with Crippen molar-refractivity contribution < 1.29 is 13.2 Å². The van der Waals surface area contributed by atoms with Gasteiger partial charge in [0.1, 0.15) is 0 Å². The Morgan fingerprint density at radius 1 is 1.19 bits per heavy atom. The third kappa shape index (κ3) is 12.6. The molecule has 0 amide bonds. The number of aliphatic imine (C=N–C) groups is 1. The van der Waals surface area contributed by atoms with E-state index in [2.05, 4.69) is 38.4 Å². The summed E-state index contributed by atoms with van der Waals surface area (Å²) in [6.45, 7) is 14.0. The first kappa shape index (κ1) is 24.2. The minimum Gasteiger partial charge on any atom is -0.388 e. The first-order chi connectivity index (χ1) is 11.9. The van der Waals surface area contributed by atoms with Gasteiger partial charge in [-0.1, -0.05) is 57.7 Å². The van der Waals surface area contributed by atoms with Crippen LogP contribution in [0.15, 0.2) is 53.1 Å². The summed E-state index contributed by atoms with van der Waals surface area (Å²) in [6.07, 6.45) is 4.61. The lowest BCUT2D eigenvalue weighted by Crippen LogP contribution is -2.14. The summed E-state index contributed by atoms with van der Waals surface area (Å²) < 4.78 is 36.7. The molecule has 0 aliphatic heterocycles. The number of nitrogens with two attached hydrogens (primary N) is 1. The summed E-state index contributed by atoms with van der Waals surface area (Å²) in [6, 6.07) is -0.0860. The lowest BCUT2D eigenvalue weighted by Gasteiger charge is -2.17. The van der Waals surface area contributed by atoms with Crippen molar-refractivity contribution in [1.29, 1.82) is 0 Å². The Morgan fingerprint density at radius 2 is 1.81 bits per heavy atom. The van der Waals surface area contributed by atoms with E-state index in [1.165, 1.54) is 6.08 Å². The molecule has 0 fully saturated rings. The first-order valence-electron chi connectivity index (χ1n) is 9.00. The van der Waals surface area contributed by atoms with Crippen molar-refractivity contribution in [3.8, 4) is 0 Å². The van der Waals surface area contributed by atoms with Crippen LogP contribution >= 0.6 is 0 Å². The minimum atomic E-state index is -4.18. The van der Waals surface area contributed by atoms with Crippen LogP contribution in [-0.4, -0.2) is 18.1 Å². The molecule has 0 aromatic heterocycles. The van der Waals surface area contributed by atoms with E-state index in [4.69, 9.17) is 5.73 Å². The molecule has 2 unspecified atom stereocenters. The van der Waals surface area contributed by atoms with E-state index in [0.29, 0.717) is 24.1 Å². The normalized spacial score (nSPS) is 17.0. The first-order valence-corrected chi connectivity index (χ1v) is 9.00. The van der Waals surface area contributed by atoms with Gasteiger partial charge in [-0.25, -0.2) is 0 Å². The van der Waals surface area contributed by atoms with Gasteiger partial charge >= 0.3 is 6.18 Å². The van der Waals surface area contributed by atoms with E-state index in [9.17, 15) is 13.2 Å². The van der Waals surface area contributed by atoms with Crippen molar-refractivity contribution in [2.24, 2.45) is 22.6 Å². The number of allylic oxidation sites excluding steroid dienone is 6. The fourth-order valence-electron chi connectivity index (χ4n) is 2.74. The standard InChI is InChI=1S/C21H33F3N2/c1-7-19(10-8-9-11-21(22,23)24)14-20(17(5)26-18(6)25)13-16(4)12-15(2)3/h7-10,13,15-17H,1,11-12,14H2,2-6H3,(H2,25,26)/b9-8-,19-10+,20-13-. The molecule has 0 heterocycles. The fourth-order valence-corrected chi connectivity index (χ4v) is 2.74. The molecule has 0 aromatic carbocycles. The van der Waals surface area contributed by atoms with Crippen molar-refractivity contribution in [1.82, 2.24) is 0 Å². The van der Waals surface area contributed by atoms with E-state index in [-0.39, 0.29) is 6.04 Å². The van der Waals surface area contributed by atoms with Crippen molar-refractivity contribution in [3.63, 3.8) is 0 Å². The second-order valence-corrected chi connectivity index (χ2v) is 7.16. The van der Waals surface area contributed by atoms with E-state index >= 15 is 0 Å². The number of halogens is 3. The van der Waals surface area contributed by atoms with Crippen molar-refractivity contribution in [2.45, 2.75) is 66.1 Å². The van der Waals surface area contributed by atoms with Crippen LogP contribution < -0.4 is 5.73 Å². The minimum absolute atomic E-state index is 0.0860. The molecular weight excluding hydrogens is 337 g/mol. The molecule has 2 N–H and O–H groups in total. The maximum Gasteiger partial charge on any atom is 0.392 e. The molecule has 0 aliphatic carbocycles. The third-order valence-corrected chi connectivity index (χ3v) is 3.74. The maximum absolute atomic E-state index is 12.2. The number of rotatable bonds is 10. The Bertz CT molecular complexity index is 548. The second kappa shape index (κ2) is 11.8. The van der Waals surface area contributed by atoms with Gasteiger partial charge in [-0.2, -0.15) is 13.2 Å². The molecule has 0 rings (SSSR count). The molecule has 0 saturated heterocycles. The van der Waals surface area contributed by atoms with Gasteiger partial charge in [0.2, 0.25) is 0 Å². The van der Waals surface area contributed by atoms with Crippen LogP contribution in [0.3, 0.4) is 0 Å². The molecule has 0 spiro atoms. The zero-order valence-corrected chi connectivity index (χ0v) is 16.6. The SMILES string of the molecule is C=C/C(=C\C=C/CC(F)(F)F)C/C(=C/C(C)CC(C)C)C(C)N=C(C)N. The predicted octanol–water partition coefficient (Wildman–Crippen LogP) is 6.37. The van der Waals surface area contributed by atoms with Crippen LogP contribution in [0, 0.1) is 11.8 Å². The molecule has 2 atom stereocenters. The highest BCUT2D eigenvalue weighted by Crippen LogP contribution is 2.23. The topological polar surface area (TPSA) is 38.4 Å². The molecule has 0 saturated carbocycles. The molecule has 0 aliphatic rings. The molecule has 5 heteroatoms. The summed E-state index contributed by atoms with van der Waals surface area (Å²) in [4.78, 5) is 4.42. The number of amidine groups is 1. The fraction of sp³-hybridized carbons (Fsp3) is 0.571. The van der Waals surface area contributed by atoms with Crippen LogP contribution in [0.5, 0.6) is 0 Å². The van der Waals surface area contributed by atoms with Gasteiger partial charge in [-0.05, 0) is 49.7 Å². The van der Waals surface area contributed by atoms with Crippen LogP contribution in [-0.2, 0) is 0 Å². The lowest BCUT2D eigenvalue weighted by molar-refractivity contribution is -0.125. The zero-order valence-electron chi connectivity index (χ0n) is 16.6. The summed E-state index contributed by atoms with van der Waals surface area (Å²) in [7, 11) is 0. The van der Waals surface area contributed by atoms with Crippen molar-refractivity contribution >= 4 is 5.84 Å². The van der Waals surface area contributed by atoms with E-state index in [0.717, 1.165) is 23.6 Å². The molecule has 26 heavy (non-hydrogen) atoms. The predicted molar refractivity (Wildman–Crippen MR) is 106 cm³/mol. The Balaban J connectivity index is 5.38. The Labute approximate surface area is 156 Å². The van der Waals surface area contributed by atoms with Crippen LogP contribution in [0.25, 0.3) is 0 Å². The molecule has 148 valence electrons. The summed E-state index contributed by atoms with van der Waals surface area (Å²) >= 11 is 0. The van der Waals surface area contributed by atoms with Gasteiger partial charge < -0.3 is 5.73 Å². The highest BCUT2D eigenvalue weighted by molar-refractivity contribution is 5.77. The van der Waals surface area contributed by atoms with Gasteiger partial charge in [0.25, 0.3) is 0 Å². The van der Waals surface area contributed by atoms with Crippen LogP contribution in [0.2, 0.25) is 0 Å². The van der Waals surface area contributed by atoms with Crippen molar-refractivity contribution in [2.75, 3.05) is 0 Å². The lowest BCUT2D eigenvalue weighted by atomic mass is 9.91. The molecule has 0 radical (unpaired) electrons. The average molecular weight is 371 g/mol. The van der Waals surface area contributed by atoms with Gasteiger partial charge in [-0.3, -0.25) is 4.99 Å². The largest absolute Gasteiger partial charge is 0.392 e. The smallest absolute Gasteiger partial charge is 0.388 e. The Morgan fingerprint density at radius 3 is 2.27 bits per heavy atom. The Hall–Kier alpha value is -1.78. The molecule has 0 aromatic rings. The Kier molecular flexibility index (Phi) is 11.0. The summed E-state index contributed by atoms with van der Waals surface area (Å²) in [5.41, 5.74) is 7.66. The van der Waals surface area contributed by atoms with Gasteiger partial charge in [0.05, 0.1) is 18.3 Å². The number of hydrogen-bond donors (Lipinski definition) is 1. The van der Waals surface area contributed by atoms with Crippen LogP contribution in [0.4, 0.5) is 13.2 Å². The molecule has 0 bridgehead atoms. The van der Waals surface area contributed by atoms with Crippen molar-refractivity contribution in [3.05, 3.63) is 48.1 Å². The number of nitrogens with zero attached hydrogens (tertiary/aromatic N) is 1. The monoisotopic (exact) mass is 370 g/mol. The number of alkyl halides is 3. The van der Waals surface area contributed by atoms with Gasteiger partial charge in [0.15, 0.2) is 0 Å². The highest BCUT2D eigenvalue weighted by Gasteiger charge is 2.24. The van der Waals surface area contributed by atoms with Gasteiger partial charge in [-0.15, -0.1) is 0 Å². The summed E-state index contributed by atoms with van der Waals surface area (Å²) in [5, 5.41) is 0. The number of hydrogen-bond acceptors (Lipinski definition) is 1. The second-order valence-electron chi connectivity index (χ2n) is 7.16. The highest BCUT2D eigenvalue weighted by atomic mass is 19.4. The van der Waals surface area contributed by atoms with Gasteiger partial charge in [0, 0.05) is 0 Å². The van der Waals surface area contributed by atoms with E-state index in [1.54, 1.807) is 19.1 Å². The third-order valence-electron chi connectivity index (χ3n) is 3.74. The molecule has 2 nitrogen and oxygen atoms in total. The van der Waals surface area contributed by atoms with E-state index in [1.807, 2.05) is 6.92 Å². The van der Waals surface area contributed by atoms with E-state index < -0.39 is 12.6 Å². The van der Waals surface area contributed by atoms with Crippen LogP contribution in [0.1, 0.15) is 53.9 Å². The quantitative estimate of drug-likeness (QED) is 0.206. The average Bonchev–Trinajstić information content (AvgIpc) is 2.46. The summed E-state index contributed by atoms with van der Waals surface area (Å²) in [5.74, 6) is 1.47. The molecular formula is C21H33F3N2.